The van der Waals surface area contributed by atoms with Crippen LogP contribution in [0, 0.1) is 5.92 Å². The number of hydrogen-bond acceptors (Lipinski definition) is 4. The van der Waals surface area contributed by atoms with E-state index in [-0.39, 0.29) is 0 Å². The first-order chi connectivity index (χ1) is 14.3. The van der Waals surface area contributed by atoms with Gasteiger partial charge in [0.25, 0.3) is 0 Å². The molecular formula is C22H34N6O. The molecule has 1 aromatic carbocycles. The summed E-state index contributed by atoms with van der Waals surface area (Å²) in [6, 6.07) is 10.7. The van der Waals surface area contributed by atoms with E-state index in [1.165, 1.54) is 11.3 Å². The summed E-state index contributed by atoms with van der Waals surface area (Å²) in [5.74, 6) is 1.32. The zero-order chi connectivity index (χ0) is 20.3. The van der Waals surface area contributed by atoms with Crippen molar-refractivity contribution < 1.29 is 5.11 Å². The minimum absolute atomic E-state index is 0.316. The van der Waals surface area contributed by atoms with E-state index in [1.54, 1.807) is 6.20 Å². The highest BCUT2D eigenvalue weighted by Gasteiger charge is 2.18. The van der Waals surface area contributed by atoms with Crippen molar-refractivity contribution in [2.24, 2.45) is 10.9 Å². The summed E-state index contributed by atoms with van der Waals surface area (Å²) >= 11 is 0. The van der Waals surface area contributed by atoms with Gasteiger partial charge in [0.15, 0.2) is 5.96 Å². The Balaban J connectivity index is 1.45. The molecule has 2 aromatic rings. The molecule has 29 heavy (non-hydrogen) atoms. The summed E-state index contributed by atoms with van der Waals surface area (Å²) in [5.41, 5.74) is 2.46. The summed E-state index contributed by atoms with van der Waals surface area (Å²) in [4.78, 5) is 7.12. The average molecular weight is 399 g/mol. The number of aliphatic hydroxyl groups excluding tert-OH is 1. The van der Waals surface area contributed by atoms with E-state index in [0.717, 1.165) is 57.9 Å². The van der Waals surface area contributed by atoms with E-state index in [4.69, 9.17) is 4.99 Å². The Morgan fingerprint density at radius 2 is 2.00 bits per heavy atom. The number of piperidine rings is 1. The van der Waals surface area contributed by atoms with Gasteiger partial charge in [0.05, 0.1) is 6.54 Å². The fraction of sp³-hybridized carbons (Fsp3) is 0.545. The van der Waals surface area contributed by atoms with Crippen molar-refractivity contribution in [2.45, 2.75) is 39.3 Å². The summed E-state index contributed by atoms with van der Waals surface area (Å²) in [7, 11) is 0. The smallest absolute Gasteiger partial charge is 0.191 e. The number of rotatable bonds is 9. The van der Waals surface area contributed by atoms with Crippen LogP contribution in [0.4, 0.5) is 5.69 Å². The van der Waals surface area contributed by atoms with Crippen LogP contribution in [-0.4, -0.2) is 53.6 Å². The predicted molar refractivity (Wildman–Crippen MR) is 118 cm³/mol. The van der Waals surface area contributed by atoms with Crippen LogP contribution >= 0.6 is 0 Å². The van der Waals surface area contributed by atoms with Crippen LogP contribution < -0.4 is 15.5 Å². The van der Waals surface area contributed by atoms with Crippen molar-refractivity contribution in [2.75, 3.05) is 37.7 Å². The summed E-state index contributed by atoms with van der Waals surface area (Å²) < 4.78 is 1.94. The molecule has 1 fully saturated rings. The maximum absolute atomic E-state index is 9.29. The Morgan fingerprint density at radius 3 is 2.66 bits per heavy atom. The minimum atomic E-state index is 0.316. The van der Waals surface area contributed by atoms with E-state index < -0.39 is 0 Å². The largest absolute Gasteiger partial charge is 0.396 e. The van der Waals surface area contributed by atoms with Crippen molar-refractivity contribution >= 4 is 11.6 Å². The molecule has 7 heteroatoms. The summed E-state index contributed by atoms with van der Waals surface area (Å²) in [5, 5.41) is 20.2. The Bertz CT molecular complexity index is 720. The average Bonchev–Trinajstić information content (AvgIpc) is 3.29. The van der Waals surface area contributed by atoms with E-state index in [1.807, 2.05) is 16.9 Å². The van der Waals surface area contributed by atoms with Gasteiger partial charge in [-0.2, -0.15) is 5.10 Å². The van der Waals surface area contributed by atoms with Crippen LogP contribution in [0.15, 0.2) is 47.7 Å². The zero-order valence-electron chi connectivity index (χ0n) is 17.4. The number of benzene rings is 1. The standard InChI is InChI=1S/C22H34N6O/c1-2-23-22(24-11-3-13-28-14-4-12-26-28)25-17-19-5-7-21(8-6-19)27-15-9-20(18-29)10-16-27/h4-8,12,14,20,29H,2-3,9-11,13,15-18H2,1H3,(H2,23,24,25). The lowest BCUT2D eigenvalue weighted by atomic mass is 9.97. The fourth-order valence-corrected chi connectivity index (χ4v) is 3.58. The van der Waals surface area contributed by atoms with Gasteiger partial charge in [0.1, 0.15) is 0 Å². The van der Waals surface area contributed by atoms with Crippen molar-refractivity contribution in [3.8, 4) is 0 Å². The van der Waals surface area contributed by atoms with E-state index in [9.17, 15) is 5.11 Å². The number of nitrogens with one attached hydrogen (secondary N) is 2. The van der Waals surface area contributed by atoms with Gasteiger partial charge in [-0.1, -0.05) is 12.1 Å². The van der Waals surface area contributed by atoms with Crippen molar-refractivity contribution in [3.63, 3.8) is 0 Å². The topological polar surface area (TPSA) is 77.7 Å². The number of guanidine groups is 1. The molecule has 0 bridgehead atoms. The Labute approximate surface area is 173 Å². The molecule has 3 N–H and O–H groups in total. The number of hydrogen-bond donors (Lipinski definition) is 3. The molecule has 1 aromatic heterocycles. The molecule has 0 unspecified atom stereocenters. The summed E-state index contributed by atoms with van der Waals surface area (Å²) in [6.07, 6.45) is 6.92. The molecular weight excluding hydrogens is 364 g/mol. The number of aliphatic hydroxyl groups is 1. The lowest BCUT2D eigenvalue weighted by Crippen LogP contribution is -2.38. The van der Waals surface area contributed by atoms with Gasteiger partial charge in [-0.15, -0.1) is 0 Å². The lowest BCUT2D eigenvalue weighted by Gasteiger charge is -2.32. The Hall–Kier alpha value is -2.54. The van der Waals surface area contributed by atoms with Crippen LogP contribution in [0.1, 0.15) is 31.7 Å². The molecule has 0 radical (unpaired) electrons. The molecule has 0 spiro atoms. The second-order valence-corrected chi connectivity index (χ2v) is 7.52. The maximum Gasteiger partial charge on any atom is 0.191 e. The van der Waals surface area contributed by atoms with Gasteiger partial charge in [-0.05, 0) is 55.9 Å². The SMILES string of the molecule is CCNC(=NCc1ccc(N2CCC(CO)CC2)cc1)NCCCn1cccn1. The van der Waals surface area contributed by atoms with Crippen LogP contribution in [0.25, 0.3) is 0 Å². The second-order valence-electron chi connectivity index (χ2n) is 7.52. The normalized spacial score (nSPS) is 15.5. The number of aryl methyl sites for hydroxylation is 1. The fourth-order valence-electron chi connectivity index (χ4n) is 3.58. The van der Waals surface area contributed by atoms with Crippen molar-refractivity contribution in [1.29, 1.82) is 0 Å². The first kappa shape index (κ1) is 21.2. The highest BCUT2D eigenvalue weighted by Crippen LogP contribution is 2.23. The second kappa shape index (κ2) is 11.5. The third kappa shape index (κ3) is 6.78. The molecule has 3 rings (SSSR count). The Kier molecular flexibility index (Phi) is 8.37. The van der Waals surface area contributed by atoms with Crippen molar-refractivity contribution in [3.05, 3.63) is 48.3 Å². The molecule has 0 aliphatic carbocycles. The van der Waals surface area contributed by atoms with Crippen molar-refractivity contribution in [1.82, 2.24) is 20.4 Å². The van der Waals surface area contributed by atoms with Crippen LogP contribution in [0.5, 0.6) is 0 Å². The van der Waals surface area contributed by atoms with Gasteiger partial charge >= 0.3 is 0 Å². The number of aromatic nitrogens is 2. The van der Waals surface area contributed by atoms with Crippen LogP contribution in [-0.2, 0) is 13.1 Å². The quantitative estimate of drug-likeness (QED) is 0.343. The molecule has 0 saturated carbocycles. The van der Waals surface area contributed by atoms with Gasteiger partial charge in [-0.25, -0.2) is 4.99 Å². The van der Waals surface area contributed by atoms with Gasteiger partial charge in [0, 0.05) is 57.4 Å². The molecule has 0 amide bonds. The molecule has 7 nitrogen and oxygen atoms in total. The molecule has 2 heterocycles. The minimum Gasteiger partial charge on any atom is -0.396 e. The van der Waals surface area contributed by atoms with E-state index in [2.05, 4.69) is 51.8 Å². The molecule has 1 aliphatic rings. The molecule has 158 valence electrons. The molecule has 0 atom stereocenters. The van der Waals surface area contributed by atoms with Crippen LogP contribution in [0.3, 0.4) is 0 Å². The highest BCUT2D eigenvalue weighted by molar-refractivity contribution is 5.79. The lowest BCUT2D eigenvalue weighted by molar-refractivity contribution is 0.203. The zero-order valence-corrected chi connectivity index (χ0v) is 17.4. The monoisotopic (exact) mass is 398 g/mol. The van der Waals surface area contributed by atoms with Gasteiger partial charge < -0.3 is 20.6 Å². The Morgan fingerprint density at radius 1 is 1.21 bits per heavy atom. The van der Waals surface area contributed by atoms with E-state index in [0.29, 0.717) is 19.1 Å². The highest BCUT2D eigenvalue weighted by atomic mass is 16.3. The van der Waals surface area contributed by atoms with Gasteiger partial charge in [0.2, 0.25) is 0 Å². The first-order valence-electron chi connectivity index (χ1n) is 10.7. The number of nitrogens with zero attached hydrogens (tertiary/aromatic N) is 4. The molecule has 1 aliphatic heterocycles. The maximum atomic E-state index is 9.29. The first-order valence-corrected chi connectivity index (χ1v) is 10.7. The molecule has 1 saturated heterocycles. The number of anilines is 1. The third-order valence-electron chi connectivity index (χ3n) is 5.35. The van der Waals surface area contributed by atoms with E-state index >= 15 is 0 Å². The summed E-state index contributed by atoms with van der Waals surface area (Å²) in [6.45, 7) is 7.69. The third-order valence-corrected chi connectivity index (χ3v) is 5.35. The van der Waals surface area contributed by atoms with Gasteiger partial charge in [-0.3, -0.25) is 4.68 Å². The number of aliphatic imine (C=N–C) groups is 1. The predicted octanol–water partition coefficient (Wildman–Crippen LogP) is 2.24. The van der Waals surface area contributed by atoms with Crippen LogP contribution in [0.2, 0.25) is 0 Å².